The van der Waals surface area contributed by atoms with Crippen LogP contribution in [0.1, 0.15) is 12.8 Å². The van der Waals surface area contributed by atoms with Crippen molar-refractivity contribution in [1.82, 2.24) is 15.5 Å². The third-order valence-electron chi connectivity index (χ3n) is 2.61. The zero-order valence-corrected chi connectivity index (χ0v) is 10.7. The first-order valence-corrected chi connectivity index (χ1v) is 5.91. The maximum Gasteiger partial charge on any atom is 0.325 e. The van der Waals surface area contributed by atoms with Gasteiger partial charge in [0.1, 0.15) is 6.54 Å². The van der Waals surface area contributed by atoms with Crippen molar-refractivity contribution in [3.05, 3.63) is 0 Å². The van der Waals surface area contributed by atoms with Crippen LogP contribution in [0.2, 0.25) is 0 Å². The third-order valence-corrected chi connectivity index (χ3v) is 2.61. The largest absolute Gasteiger partial charge is 0.468 e. The summed E-state index contributed by atoms with van der Waals surface area (Å²) in [5, 5.41) is 4.66. The molecule has 106 valence electrons. The lowest BCUT2D eigenvalue weighted by molar-refractivity contribution is -0.141. The quantitative estimate of drug-likeness (QED) is 0.544. The molecule has 0 aromatic heterocycles. The summed E-state index contributed by atoms with van der Waals surface area (Å²) in [6.07, 6.45) is 1.22. The molecule has 1 aliphatic heterocycles. The first kappa shape index (κ1) is 14.9. The molecular formula is C11H17N3O5. The van der Waals surface area contributed by atoms with E-state index in [9.17, 15) is 19.2 Å². The predicted octanol–water partition coefficient (Wildman–Crippen LogP) is -1.99. The van der Waals surface area contributed by atoms with E-state index in [2.05, 4.69) is 15.4 Å². The molecule has 0 bridgehead atoms. The number of nitrogens with one attached hydrogen (secondary N) is 2. The zero-order valence-electron chi connectivity index (χ0n) is 10.7. The second-order valence-corrected chi connectivity index (χ2v) is 4.05. The van der Waals surface area contributed by atoms with Crippen LogP contribution in [0.15, 0.2) is 0 Å². The molecule has 1 fully saturated rings. The Hall–Kier alpha value is -2.12. The minimum Gasteiger partial charge on any atom is -0.468 e. The second kappa shape index (κ2) is 7.34. The highest BCUT2D eigenvalue weighted by Gasteiger charge is 2.22. The predicted molar refractivity (Wildman–Crippen MR) is 63.8 cm³/mol. The van der Waals surface area contributed by atoms with Crippen LogP contribution in [-0.2, 0) is 23.9 Å². The number of carbonyl (C=O) groups is 4. The molecule has 0 aromatic carbocycles. The Morgan fingerprint density at radius 1 is 1.21 bits per heavy atom. The number of amides is 3. The van der Waals surface area contributed by atoms with Crippen LogP contribution in [0, 0.1) is 0 Å². The Balaban J connectivity index is 2.17. The van der Waals surface area contributed by atoms with Crippen molar-refractivity contribution in [3.8, 4) is 0 Å². The standard InChI is InChI=1S/C11H17N3O5/c1-19-11(18)6-13-8(15)5-12-9(16)7-14-4-2-3-10(14)17/h2-7H2,1H3,(H,12,16)(H,13,15). The Morgan fingerprint density at radius 2 is 1.89 bits per heavy atom. The average molecular weight is 271 g/mol. The molecule has 1 saturated heterocycles. The van der Waals surface area contributed by atoms with Crippen LogP contribution in [0.4, 0.5) is 0 Å². The summed E-state index contributed by atoms with van der Waals surface area (Å²) in [4.78, 5) is 46.2. The van der Waals surface area contributed by atoms with Gasteiger partial charge in [0, 0.05) is 13.0 Å². The van der Waals surface area contributed by atoms with Gasteiger partial charge in [-0.3, -0.25) is 19.2 Å². The van der Waals surface area contributed by atoms with Crippen LogP contribution in [0.3, 0.4) is 0 Å². The summed E-state index contributed by atoms with van der Waals surface area (Å²) >= 11 is 0. The van der Waals surface area contributed by atoms with Crippen LogP contribution in [0.25, 0.3) is 0 Å². The van der Waals surface area contributed by atoms with Crippen LogP contribution in [-0.4, -0.2) is 61.9 Å². The summed E-state index contributed by atoms with van der Waals surface area (Å²) in [6, 6.07) is 0. The maximum absolute atomic E-state index is 11.5. The highest BCUT2D eigenvalue weighted by Crippen LogP contribution is 2.08. The fourth-order valence-electron chi connectivity index (χ4n) is 1.58. The summed E-state index contributed by atoms with van der Waals surface area (Å²) < 4.78 is 4.34. The van der Waals surface area contributed by atoms with Gasteiger partial charge in [-0.2, -0.15) is 0 Å². The smallest absolute Gasteiger partial charge is 0.325 e. The Morgan fingerprint density at radius 3 is 2.47 bits per heavy atom. The minimum atomic E-state index is -0.567. The topological polar surface area (TPSA) is 105 Å². The van der Waals surface area contributed by atoms with Gasteiger partial charge in [-0.25, -0.2) is 0 Å². The van der Waals surface area contributed by atoms with Gasteiger partial charge in [0.2, 0.25) is 17.7 Å². The van der Waals surface area contributed by atoms with Crippen molar-refractivity contribution >= 4 is 23.7 Å². The van der Waals surface area contributed by atoms with Crippen LogP contribution in [0.5, 0.6) is 0 Å². The maximum atomic E-state index is 11.5. The van der Waals surface area contributed by atoms with Crippen molar-refractivity contribution in [2.24, 2.45) is 0 Å². The molecule has 0 aromatic rings. The number of hydrogen-bond donors (Lipinski definition) is 2. The summed E-state index contributed by atoms with van der Waals surface area (Å²) in [5.41, 5.74) is 0. The lowest BCUT2D eigenvalue weighted by Gasteiger charge is -2.14. The molecule has 0 radical (unpaired) electrons. The van der Waals surface area contributed by atoms with E-state index in [1.54, 1.807) is 0 Å². The second-order valence-electron chi connectivity index (χ2n) is 4.05. The molecule has 1 aliphatic rings. The van der Waals surface area contributed by atoms with E-state index in [1.165, 1.54) is 12.0 Å². The van der Waals surface area contributed by atoms with Gasteiger partial charge in [0.15, 0.2) is 0 Å². The molecule has 3 amide bonds. The molecule has 0 unspecified atom stereocenters. The lowest BCUT2D eigenvalue weighted by Crippen LogP contribution is -2.43. The zero-order chi connectivity index (χ0) is 14.3. The highest BCUT2D eigenvalue weighted by atomic mass is 16.5. The van der Waals surface area contributed by atoms with E-state index in [1.807, 2.05) is 0 Å². The fourth-order valence-corrected chi connectivity index (χ4v) is 1.58. The molecule has 0 atom stereocenters. The molecule has 2 N–H and O–H groups in total. The van der Waals surface area contributed by atoms with E-state index in [-0.39, 0.29) is 25.5 Å². The summed E-state index contributed by atoms with van der Waals surface area (Å²) in [5.74, 6) is -1.51. The van der Waals surface area contributed by atoms with Crippen molar-refractivity contribution in [3.63, 3.8) is 0 Å². The number of nitrogens with zero attached hydrogens (tertiary/aromatic N) is 1. The first-order valence-electron chi connectivity index (χ1n) is 5.91. The Kier molecular flexibility index (Phi) is 5.77. The number of likely N-dealkylation sites (tertiary alicyclic amines) is 1. The number of carbonyl (C=O) groups excluding carboxylic acids is 4. The normalized spacial score (nSPS) is 14.2. The first-order chi connectivity index (χ1) is 9.02. The number of ether oxygens (including phenoxy) is 1. The SMILES string of the molecule is COC(=O)CNC(=O)CNC(=O)CN1CCCC1=O. The Labute approximate surface area is 110 Å². The van der Waals surface area contributed by atoms with Gasteiger partial charge in [-0.1, -0.05) is 0 Å². The van der Waals surface area contributed by atoms with Gasteiger partial charge < -0.3 is 20.3 Å². The summed E-state index contributed by atoms with van der Waals surface area (Å²) in [7, 11) is 1.21. The molecule has 8 heteroatoms. The molecule has 0 aliphatic carbocycles. The molecule has 8 nitrogen and oxygen atoms in total. The van der Waals surface area contributed by atoms with Crippen molar-refractivity contribution < 1.29 is 23.9 Å². The van der Waals surface area contributed by atoms with Crippen molar-refractivity contribution in [2.75, 3.05) is 33.3 Å². The molecule has 1 heterocycles. The lowest BCUT2D eigenvalue weighted by atomic mass is 10.4. The van der Waals surface area contributed by atoms with Gasteiger partial charge >= 0.3 is 5.97 Å². The van der Waals surface area contributed by atoms with Crippen molar-refractivity contribution in [2.45, 2.75) is 12.8 Å². The Bertz CT molecular complexity index is 383. The molecular weight excluding hydrogens is 254 g/mol. The third kappa shape index (κ3) is 5.36. The number of esters is 1. The van der Waals surface area contributed by atoms with E-state index in [4.69, 9.17) is 0 Å². The van der Waals surface area contributed by atoms with Gasteiger partial charge in [0.25, 0.3) is 0 Å². The monoisotopic (exact) mass is 271 g/mol. The van der Waals surface area contributed by atoms with Gasteiger partial charge in [0.05, 0.1) is 20.2 Å². The molecule has 0 spiro atoms. The number of methoxy groups -OCH3 is 1. The van der Waals surface area contributed by atoms with E-state index in [0.717, 1.165) is 6.42 Å². The minimum absolute atomic E-state index is 0.0386. The van der Waals surface area contributed by atoms with Gasteiger partial charge in [-0.15, -0.1) is 0 Å². The van der Waals surface area contributed by atoms with Gasteiger partial charge in [-0.05, 0) is 6.42 Å². The fraction of sp³-hybridized carbons (Fsp3) is 0.636. The van der Waals surface area contributed by atoms with Crippen molar-refractivity contribution in [1.29, 1.82) is 0 Å². The average Bonchev–Trinajstić information content (AvgIpc) is 2.79. The highest BCUT2D eigenvalue weighted by molar-refractivity contribution is 5.89. The molecule has 1 rings (SSSR count). The number of hydrogen-bond acceptors (Lipinski definition) is 5. The van der Waals surface area contributed by atoms with Crippen LogP contribution < -0.4 is 10.6 Å². The van der Waals surface area contributed by atoms with E-state index in [0.29, 0.717) is 13.0 Å². The number of rotatable bonds is 6. The molecule has 19 heavy (non-hydrogen) atoms. The van der Waals surface area contributed by atoms with E-state index < -0.39 is 17.8 Å². The van der Waals surface area contributed by atoms with Crippen LogP contribution >= 0.6 is 0 Å². The molecule has 0 saturated carbocycles. The van der Waals surface area contributed by atoms with E-state index >= 15 is 0 Å². The summed E-state index contributed by atoms with van der Waals surface area (Å²) in [6.45, 7) is 0.0532.